The second-order valence-corrected chi connectivity index (χ2v) is 3.55. The Labute approximate surface area is 85.8 Å². The highest BCUT2D eigenvalue weighted by atomic mass is 16.1. The Morgan fingerprint density at radius 2 is 2.33 bits per heavy atom. The molecule has 2 heterocycles. The zero-order chi connectivity index (χ0) is 10.3. The first kappa shape index (κ1) is 8.28. The predicted octanol–water partition coefficient (Wildman–Crippen LogP) is 0.529. The minimum absolute atomic E-state index is 0.207. The van der Waals surface area contributed by atoms with Crippen molar-refractivity contribution in [3.8, 4) is 5.69 Å². The molecule has 1 aliphatic rings. The summed E-state index contributed by atoms with van der Waals surface area (Å²) in [5, 5.41) is 9.35. The smallest absolute Gasteiger partial charge is 0.347 e. The second-order valence-electron chi connectivity index (χ2n) is 3.55. The van der Waals surface area contributed by atoms with Crippen molar-refractivity contribution in [2.24, 2.45) is 0 Å². The summed E-state index contributed by atoms with van der Waals surface area (Å²) >= 11 is 0. The van der Waals surface area contributed by atoms with Gasteiger partial charge in [-0.05, 0) is 30.2 Å². The molecule has 76 valence electrons. The molecule has 0 spiro atoms. The number of anilines is 1. The first-order valence-corrected chi connectivity index (χ1v) is 4.84. The van der Waals surface area contributed by atoms with E-state index in [0.717, 1.165) is 24.3 Å². The van der Waals surface area contributed by atoms with E-state index in [0.29, 0.717) is 0 Å². The van der Waals surface area contributed by atoms with Crippen LogP contribution in [0.4, 0.5) is 5.69 Å². The molecule has 0 saturated heterocycles. The third-order valence-electron chi connectivity index (χ3n) is 2.63. The average molecular weight is 202 g/mol. The number of aromatic amines is 1. The summed E-state index contributed by atoms with van der Waals surface area (Å²) in [6.07, 6.45) is 2.50. The maximum absolute atomic E-state index is 11.3. The number of hydrogen-bond donors (Lipinski definition) is 2. The summed E-state index contributed by atoms with van der Waals surface area (Å²) in [7, 11) is 0. The van der Waals surface area contributed by atoms with Gasteiger partial charge in [0.05, 0.1) is 5.69 Å². The van der Waals surface area contributed by atoms with Crippen molar-refractivity contribution < 1.29 is 0 Å². The summed E-state index contributed by atoms with van der Waals surface area (Å²) in [6.45, 7) is 0.971. The van der Waals surface area contributed by atoms with Gasteiger partial charge >= 0.3 is 5.69 Å². The van der Waals surface area contributed by atoms with Crippen LogP contribution in [0.1, 0.15) is 5.56 Å². The van der Waals surface area contributed by atoms with Crippen LogP contribution in [0.3, 0.4) is 0 Å². The molecule has 0 unspecified atom stereocenters. The van der Waals surface area contributed by atoms with Gasteiger partial charge in [-0.3, -0.25) is 0 Å². The van der Waals surface area contributed by atoms with E-state index in [2.05, 4.69) is 15.5 Å². The molecule has 0 fully saturated rings. The number of rotatable bonds is 1. The molecular weight excluding hydrogens is 192 g/mol. The molecule has 15 heavy (non-hydrogen) atoms. The van der Waals surface area contributed by atoms with E-state index < -0.39 is 0 Å². The normalized spacial score (nSPS) is 13.6. The number of H-pyrrole nitrogens is 1. The molecule has 0 radical (unpaired) electrons. The minimum Gasteiger partial charge on any atom is -0.384 e. The number of benzene rings is 1. The minimum atomic E-state index is -0.207. The fourth-order valence-corrected chi connectivity index (χ4v) is 1.87. The van der Waals surface area contributed by atoms with Gasteiger partial charge < -0.3 is 5.32 Å². The van der Waals surface area contributed by atoms with Crippen molar-refractivity contribution >= 4 is 5.69 Å². The quantitative estimate of drug-likeness (QED) is 0.709. The lowest BCUT2D eigenvalue weighted by Gasteiger charge is -2.03. The van der Waals surface area contributed by atoms with Gasteiger partial charge in [-0.2, -0.15) is 5.10 Å². The molecule has 1 aromatic carbocycles. The summed E-state index contributed by atoms with van der Waals surface area (Å²) in [5.41, 5.74) is 3.06. The zero-order valence-electron chi connectivity index (χ0n) is 8.03. The molecule has 3 rings (SSSR count). The summed E-state index contributed by atoms with van der Waals surface area (Å²) < 4.78 is 1.50. The van der Waals surface area contributed by atoms with Gasteiger partial charge in [-0.25, -0.2) is 14.5 Å². The first-order chi connectivity index (χ1) is 7.34. The van der Waals surface area contributed by atoms with Crippen LogP contribution in [-0.2, 0) is 6.42 Å². The maximum atomic E-state index is 11.3. The Balaban J connectivity index is 2.15. The largest absolute Gasteiger partial charge is 0.384 e. The van der Waals surface area contributed by atoms with Crippen LogP contribution in [0.15, 0.2) is 29.3 Å². The Morgan fingerprint density at radius 1 is 1.40 bits per heavy atom. The molecule has 0 bridgehead atoms. The van der Waals surface area contributed by atoms with Crippen molar-refractivity contribution in [1.29, 1.82) is 0 Å². The lowest BCUT2D eigenvalue weighted by Crippen LogP contribution is -2.14. The van der Waals surface area contributed by atoms with Crippen LogP contribution in [0, 0.1) is 0 Å². The SMILES string of the molecule is O=c1[nH]ncn1-c1ccc2c(c1)CCN2. The van der Waals surface area contributed by atoms with E-state index >= 15 is 0 Å². The fraction of sp³-hybridized carbons (Fsp3) is 0.200. The van der Waals surface area contributed by atoms with Crippen LogP contribution >= 0.6 is 0 Å². The number of fused-ring (bicyclic) bond motifs is 1. The standard InChI is InChI=1S/C10H10N4O/c15-10-13-12-6-14(10)8-1-2-9-7(5-8)3-4-11-9/h1-2,5-6,11H,3-4H2,(H,13,15). The molecule has 1 aromatic heterocycles. The number of hydrogen-bond acceptors (Lipinski definition) is 3. The van der Waals surface area contributed by atoms with Crippen molar-refractivity contribution in [2.75, 3.05) is 11.9 Å². The van der Waals surface area contributed by atoms with Gasteiger partial charge in [-0.1, -0.05) is 0 Å². The Hall–Kier alpha value is -2.04. The van der Waals surface area contributed by atoms with E-state index in [4.69, 9.17) is 0 Å². The molecule has 0 aliphatic carbocycles. The van der Waals surface area contributed by atoms with E-state index in [1.807, 2.05) is 18.2 Å². The molecule has 1 aliphatic heterocycles. The third kappa shape index (κ3) is 1.24. The summed E-state index contributed by atoms with van der Waals surface area (Å²) in [4.78, 5) is 11.3. The number of nitrogens with one attached hydrogen (secondary N) is 2. The van der Waals surface area contributed by atoms with Crippen LogP contribution in [0.5, 0.6) is 0 Å². The van der Waals surface area contributed by atoms with Gasteiger partial charge in [-0.15, -0.1) is 0 Å². The Kier molecular flexibility index (Phi) is 1.65. The van der Waals surface area contributed by atoms with Gasteiger partial charge in [0, 0.05) is 12.2 Å². The van der Waals surface area contributed by atoms with E-state index in [9.17, 15) is 4.79 Å². The van der Waals surface area contributed by atoms with Crippen LogP contribution in [0.2, 0.25) is 0 Å². The lowest BCUT2D eigenvalue weighted by molar-refractivity contribution is 0.979. The van der Waals surface area contributed by atoms with Crippen molar-refractivity contribution in [3.63, 3.8) is 0 Å². The van der Waals surface area contributed by atoms with Gasteiger partial charge in [0.2, 0.25) is 0 Å². The van der Waals surface area contributed by atoms with Crippen LogP contribution in [0.25, 0.3) is 5.69 Å². The molecule has 0 amide bonds. The van der Waals surface area contributed by atoms with Gasteiger partial charge in [0.15, 0.2) is 0 Å². The molecule has 2 N–H and O–H groups in total. The topological polar surface area (TPSA) is 62.7 Å². The second kappa shape index (κ2) is 2.98. The molecule has 5 nitrogen and oxygen atoms in total. The van der Waals surface area contributed by atoms with Gasteiger partial charge in [0.25, 0.3) is 0 Å². The average Bonchev–Trinajstić information content (AvgIpc) is 2.84. The first-order valence-electron chi connectivity index (χ1n) is 4.84. The van der Waals surface area contributed by atoms with Crippen molar-refractivity contribution in [3.05, 3.63) is 40.6 Å². The molecule has 0 saturated carbocycles. The highest BCUT2D eigenvalue weighted by Gasteiger charge is 2.11. The van der Waals surface area contributed by atoms with Crippen molar-refractivity contribution in [1.82, 2.24) is 14.8 Å². The lowest BCUT2D eigenvalue weighted by atomic mass is 10.1. The van der Waals surface area contributed by atoms with Crippen LogP contribution < -0.4 is 11.0 Å². The fourth-order valence-electron chi connectivity index (χ4n) is 1.87. The van der Waals surface area contributed by atoms with E-state index in [1.54, 1.807) is 0 Å². The highest BCUT2D eigenvalue weighted by Crippen LogP contribution is 2.23. The highest BCUT2D eigenvalue weighted by molar-refractivity contribution is 5.59. The summed E-state index contributed by atoms with van der Waals surface area (Å²) in [6, 6.07) is 5.93. The van der Waals surface area contributed by atoms with E-state index in [-0.39, 0.29) is 5.69 Å². The molecule has 0 atom stereocenters. The predicted molar refractivity (Wildman–Crippen MR) is 56.4 cm³/mol. The van der Waals surface area contributed by atoms with Crippen molar-refractivity contribution in [2.45, 2.75) is 6.42 Å². The number of aromatic nitrogens is 3. The van der Waals surface area contributed by atoms with Crippen LogP contribution in [-0.4, -0.2) is 21.3 Å². The maximum Gasteiger partial charge on any atom is 0.347 e. The Bertz CT molecular complexity index is 555. The Morgan fingerprint density at radius 3 is 3.13 bits per heavy atom. The third-order valence-corrected chi connectivity index (χ3v) is 2.63. The number of nitrogens with zero attached hydrogens (tertiary/aromatic N) is 2. The summed E-state index contributed by atoms with van der Waals surface area (Å²) in [5.74, 6) is 0. The molecular formula is C10H10N4O. The molecule has 2 aromatic rings. The van der Waals surface area contributed by atoms with E-state index in [1.165, 1.54) is 16.5 Å². The zero-order valence-corrected chi connectivity index (χ0v) is 8.03. The molecule has 5 heteroatoms. The van der Waals surface area contributed by atoms with Gasteiger partial charge in [0.1, 0.15) is 6.33 Å². The monoisotopic (exact) mass is 202 g/mol.